The Morgan fingerprint density at radius 1 is 1.47 bits per heavy atom. The molecule has 1 aliphatic heterocycles. The first-order valence-electron chi connectivity index (χ1n) is 7.10. The molecule has 0 spiro atoms. The molecular formula is C14H28N2O3. The summed E-state index contributed by atoms with van der Waals surface area (Å²) < 4.78 is 10.1. The Kier molecular flexibility index (Phi) is 6.75. The highest BCUT2D eigenvalue weighted by Crippen LogP contribution is 2.21. The van der Waals surface area contributed by atoms with Crippen LogP contribution >= 0.6 is 0 Å². The van der Waals surface area contributed by atoms with Gasteiger partial charge in [0, 0.05) is 13.1 Å². The van der Waals surface area contributed by atoms with Crippen molar-refractivity contribution in [2.45, 2.75) is 39.2 Å². The molecule has 1 unspecified atom stereocenters. The van der Waals surface area contributed by atoms with Gasteiger partial charge in [-0.1, -0.05) is 20.3 Å². The maximum absolute atomic E-state index is 11.4. The molecule has 5 heteroatoms. The predicted molar refractivity (Wildman–Crippen MR) is 74.9 cm³/mol. The maximum atomic E-state index is 11.4. The molecule has 0 saturated carbocycles. The molecule has 1 aliphatic rings. The van der Waals surface area contributed by atoms with Crippen molar-refractivity contribution >= 4 is 5.97 Å². The summed E-state index contributed by atoms with van der Waals surface area (Å²) in [5.74, 6) is -0.269. The van der Waals surface area contributed by atoms with E-state index in [4.69, 9.17) is 15.2 Å². The first kappa shape index (κ1) is 16.4. The van der Waals surface area contributed by atoms with Crippen LogP contribution in [0.1, 0.15) is 33.1 Å². The number of nitrogens with zero attached hydrogens (tertiary/aromatic N) is 1. The third-order valence-electron chi connectivity index (χ3n) is 3.75. The fourth-order valence-corrected chi connectivity index (χ4v) is 2.22. The Labute approximate surface area is 116 Å². The highest BCUT2D eigenvalue weighted by molar-refractivity contribution is 5.74. The quantitative estimate of drug-likeness (QED) is 0.553. The van der Waals surface area contributed by atoms with E-state index in [1.807, 2.05) is 0 Å². The van der Waals surface area contributed by atoms with E-state index in [1.165, 1.54) is 13.5 Å². The summed E-state index contributed by atoms with van der Waals surface area (Å²) in [5, 5.41) is 0. The molecule has 1 atom stereocenters. The number of rotatable bonds is 7. The van der Waals surface area contributed by atoms with E-state index in [9.17, 15) is 4.79 Å². The number of methoxy groups -OCH3 is 1. The van der Waals surface area contributed by atoms with Gasteiger partial charge >= 0.3 is 5.97 Å². The molecule has 0 amide bonds. The van der Waals surface area contributed by atoms with Crippen LogP contribution in [0.15, 0.2) is 0 Å². The molecule has 0 aromatic rings. The van der Waals surface area contributed by atoms with Gasteiger partial charge in [-0.05, 0) is 31.3 Å². The highest BCUT2D eigenvalue weighted by Gasteiger charge is 2.27. The Bertz CT molecular complexity index is 282. The number of ether oxygens (including phenoxy) is 2. The summed E-state index contributed by atoms with van der Waals surface area (Å²) in [6.45, 7) is 8.30. The molecule has 0 bridgehead atoms. The monoisotopic (exact) mass is 272 g/mol. The molecule has 1 rings (SSSR count). The second-order valence-electron chi connectivity index (χ2n) is 6.01. The largest absolute Gasteiger partial charge is 0.467 e. The van der Waals surface area contributed by atoms with E-state index in [0.717, 1.165) is 32.5 Å². The van der Waals surface area contributed by atoms with Gasteiger partial charge in [-0.3, -0.25) is 4.90 Å². The van der Waals surface area contributed by atoms with Crippen molar-refractivity contribution in [2.75, 3.05) is 39.9 Å². The molecule has 1 heterocycles. The van der Waals surface area contributed by atoms with Gasteiger partial charge in [0.15, 0.2) is 6.10 Å². The smallest absolute Gasteiger partial charge is 0.336 e. The van der Waals surface area contributed by atoms with Crippen LogP contribution in [0.25, 0.3) is 0 Å². The Morgan fingerprint density at radius 2 is 2.21 bits per heavy atom. The molecule has 0 aromatic heterocycles. The van der Waals surface area contributed by atoms with Gasteiger partial charge in [0.25, 0.3) is 0 Å². The maximum Gasteiger partial charge on any atom is 0.336 e. The van der Waals surface area contributed by atoms with Crippen molar-refractivity contribution in [1.82, 2.24) is 4.90 Å². The number of carbonyl (C=O) groups is 1. The number of unbranched alkanes of at least 4 members (excludes halogenated alkanes) is 1. The van der Waals surface area contributed by atoms with Crippen LogP contribution < -0.4 is 5.73 Å². The zero-order valence-electron chi connectivity index (χ0n) is 12.5. The zero-order chi connectivity index (χ0) is 14.3. The average Bonchev–Trinajstić information content (AvgIpc) is 2.43. The minimum atomic E-state index is -0.417. The van der Waals surface area contributed by atoms with Crippen molar-refractivity contribution in [3.8, 4) is 0 Å². The first-order valence-corrected chi connectivity index (χ1v) is 7.10. The van der Waals surface area contributed by atoms with E-state index in [1.54, 1.807) is 0 Å². The van der Waals surface area contributed by atoms with Crippen molar-refractivity contribution in [2.24, 2.45) is 11.1 Å². The van der Waals surface area contributed by atoms with Gasteiger partial charge in [-0.25, -0.2) is 4.79 Å². The minimum absolute atomic E-state index is 0.236. The standard InChI is InChI=1S/C14H28N2O3/c1-14(2,11-15)6-4-5-7-16-8-9-19-12(10-16)13(17)18-3/h12H,4-11,15H2,1-3H3. The number of hydrogen-bond acceptors (Lipinski definition) is 5. The molecule has 2 N–H and O–H groups in total. The SMILES string of the molecule is COC(=O)C1CN(CCCCC(C)(C)CN)CCO1. The molecule has 0 aliphatic carbocycles. The second kappa shape index (κ2) is 7.82. The molecule has 0 radical (unpaired) electrons. The Balaban J connectivity index is 2.21. The van der Waals surface area contributed by atoms with Crippen molar-refractivity contribution in [3.05, 3.63) is 0 Å². The summed E-state index contributed by atoms with van der Waals surface area (Å²) in [5.41, 5.74) is 5.96. The van der Waals surface area contributed by atoms with Crippen molar-refractivity contribution in [3.63, 3.8) is 0 Å². The number of carbonyl (C=O) groups excluding carboxylic acids is 1. The van der Waals surface area contributed by atoms with Crippen LogP contribution in [0, 0.1) is 5.41 Å². The Hall–Kier alpha value is -0.650. The third kappa shape index (κ3) is 5.89. The van der Waals surface area contributed by atoms with E-state index >= 15 is 0 Å². The van der Waals surface area contributed by atoms with Gasteiger partial charge in [0.1, 0.15) is 0 Å². The fourth-order valence-electron chi connectivity index (χ4n) is 2.22. The molecule has 112 valence electrons. The summed E-state index contributed by atoms with van der Waals surface area (Å²) in [6, 6.07) is 0. The van der Waals surface area contributed by atoms with E-state index < -0.39 is 6.10 Å². The highest BCUT2D eigenvalue weighted by atomic mass is 16.6. The normalized spacial score (nSPS) is 21.4. The molecule has 1 fully saturated rings. The lowest BCUT2D eigenvalue weighted by Crippen LogP contribution is -2.46. The molecule has 19 heavy (non-hydrogen) atoms. The first-order chi connectivity index (χ1) is 8.98. The van der Waals surface area contributed by atoms with Crippen LogP contribution in [-0.4, -0.2) is 56.9 Å². The average molecular weight is 272 g/mol. The zero-order valence-corrected chi connectivity index (χ0v) is 12.5. The van der Waals surface area contributed by atoms with Gasteiger partial charge in [0.05, 0.1) is 13.7 Å². The summed E-state index contributed by atoms with van der Waals surface area (Å²) in [7, 11) is 1.40. The van der Waals surface area contributed by atoms with E-state index in [0.29, 0.717) is 13.2 Å². The van der Waals surface area contributed by atoms with E-state index in [-0.39, 0.29) is 11.4 Å². The van der Waals surface area contributed by atoms with Crippen molar-refractivity contribution in [1.29, 1.82) is 0 Å². The fraction of sp³-hybridized carbons (Fsp3) is 0.929. The summed E-state index contributed by atoms with van der Waals surface area (Å²) >= 11 is 0. The summed E-state index contributed by atoms with van der Waals surface area (Å²) in [6.07, 6.45) is 3.04. The van der Waals surface area contributed by atoms with Gasteiger partial charge in [-0.2, -0.15) is 0 Å². The molecule has 0 aromatic carbocycles. The van der Waals surface area contributed by atoms with Crippen molar-refractivity contribution < 1.29 is 14.3 Å². The van der Waals surface area contributed by atoms with Gasteiger partial charge in [0.2, 0.25) is 0 Å². The number of nitrogens with two attached hydrogens (primary N) is 1. The molecule has 5 nitrogen and oxygen atoms in total. The number of morpholine rings is 1. The predicted octanol–water partition coefficient (Wildman–Crippen LogP) is 1.02. The van der Waals surface area contributed by atoms with Gasteiger partial charge < -0.3 is 15.2 Å². The number of esters is 1. The lowest BCUT2D eigenvalue weighted by atomic mass is 9.87. The van der Waals surface area contributed by atoms with E-state index in [2.05, 4.69) is 18.7 Å². The number of hydrogen-bond donors (Lipinski definition) is 1. The van der Waals surface area contributed by atoms with Gasteiger partial charge in [-0.15, -0.1) is 0 Å². The van der Waals surface area contributed by atoms with Crippen LogP contribution in [-0.2, 0) is 14.3 Å². The minimum Gasteiger partial charge on any atom is -0.467 e. The third-order valence-corrected chi connectivity index (χ3v) is 3.75. The van der Waals surface area contributed by atoms with Crippen LogP contribution in [0.4, 0.5) is 0 Å². The lowest BCUT2D eigenvalue weighted by molar-refractivity contribution is -0.159. The van der Waals surface area contributed by atoms with Crippen LogP contribution in [0.3, 0.4) is 0 Å². The summed E-state index contributed by atoms with van der Waals surface area (Å²) in [4.78, 5) is 13.7. The molecular weight excluding hydrogens is 244 g/mol. The van der Waals surface area contributed by atoms with Crippen LogP contribution in [0.5, 0.6) is 0 Å². The van der Waals surface area contributed by atoms with Crippen LogP contribution in [0.2, 0.25) is 0 Å². The lowest BCUT2D eigenvalue weighted by Gasteiger charge is -2.31. The second-order valence-corrected chi connectivity index (χ2v) is 6.01. The molecule has 1 saturated heterocycles. The topological polar surface area (TPSA) is 64.8 Å². The Morgan fingerprint density at radius 3 is 2.84 bits per heavy atom.